The molecule has 3 aromatic heterocycles. The molecular weight excluding hydrogens is 428 g/mol. The Bertz CT molecular complexity index is 1310. The fraction of sp³-hybridized carbons (Fsp3) is 0.150. The largest absolute Gasteiger partial charge is 0.465 e. The molecule has 0 aliphatic heterocycles. The molecule has 0 saturated heterocycles. The van der Waals surface area contributed by atoms with Gasteiger partial charge >= 0.3 is 18.3 Å². The van der Waals surface area contributed by atoms with E-state index in [9.17, 15) is 31.1 Å². The molecule has 0 fully saturated rings. The van der Waals surface area contributed by atoms with Crippen LogP contribution in [0, 0.1) is 0 Å². The third-order valence-electron chi connectivity index (χ3n) is 4.64. The van der Waals surface area contributed by atoms with Crippen molar-refractivity contribution in [1.82, 2.24) is 14.4 Å². The summed E-state index contributed by atoms with van der Waals surface area (Å²) >= 11 is 0. The molecule has 0 bridgehead atoms. The summed E-state index contributed by atoms with van der Waals surface area (Å²) in [5.41, 5.74) is -2.71. The highest BCUT2D eigenvalue weighted by molar-refractivity contribution is 5.90. The Kier molecular flexibility index (Phi) is 4.64. The lowest BCUT2D eigenvalue weighted by Crippen LogP contribution is -2.14. The highest BCUT2D eigenvalue weighted by atomic mass is 19.4. The van der Waals surface area contributed by atoms with Gasteiger partial charge in [0, 0.05) is 10.9 Å². The van der Waals surface area contributed by atoms with E-state index >= 15 is 0 Å². The Morgan fingerprint density at radius 3 is 2.23 bits per heavy atom. The van der Waals surface area contributed by atoms with Crippen molar-refractivity contribution in [2.75, 3.05) is 7.11 Å². The Hall–Kier alpha value is -3.63. The maximum Gasteiger partial charge on any atom is 0.433 e. The number of esters is 1. The highest BCUT2D eigenvalue weighted by Crippen LogP contribution is 2.39. The van der Waals surface area contributed by atoms with Crippen molar-refractivity contribution in [3.63, 3.8) is 0 Å². The molecule has 0 spiro atoms. The van der Waals surface area contributed by atoms with Crippen LogP contribution in [0.5, 0.6) is 0 Å². The predicted octanol–water partition coefficient (Wildman–Crippen LogP) is 5.37. The number of hydrogen-bond acceptors (Lipinski definition) is 4. The number of halogens is 6. The van der Waals surface area contributed by atoms with E-state index in [2.05, 4.69) is 14.7 Å². The van der Waals surface area contributed by atoms with Crippen molar-refractivity contribution in [2.24, 2.45) is 0 Å². The molecule has 4 rings (SSSR count). The van der Waals surface area contributed by atoms with E-state index in [1.54, 1.807) is 0 Å². The zero-order chi connectivity index (χ0) is 22.6. The van der Waals surface area contributed by atoms with Gasteiger partial charge in [-0.1, -0.05) is 12.1 Å². The quantitative estimate of drug-likeness (QED) is 0.311. The van der Waals surface area contributed by atoms with Crippen LogP contribution in [-0.2, 0) is 17.1 Å². The van der Waals surface area contributed by atoms with Gasteiger partial charge in [0.2, 0.25) is 0 Å². The molecule has 0 saturated carbocycles. The molecule has 1 aromatic carbocycles. The van der Waals surface area contributed by atoms with Crippen LogP contribution in [-0.4, -0.2) is 27.4 Å². The van der Waals surface area contributed by atoms with Gasteiger partial charge in [-0.3, -0.25) is 4.40 Å². The van der Waals surface area contributed by atoms with Gasteiger partial charge < -0.3 is 4.74 Å². The second-order valence-corrected chi connectivity index (χ2v) is 6.53. The van der Waals surface area contributed by atoms with Gasteiger partial charge in [-0.05, 0) is 30.3 Å². The monoisotopic (exact) mass is 439 g/mol. The SMILES string of the molecule is COC(=O)c1ccc(-c2cnc3ccc4c(C(F)(F)F)cc(C(F)(F)F)nc4n23)cc1. The van der Waals surface area contributed by atoms with E-state index in [0.717, 1.165) is 10.5 Å². The standard InChI is InChI=1S/C20H11F6N3O2/c1-31-18(30)11-4-2-10(3-5-11)14-9-27-16-7-6-12-13(19(21,22)23)8-15(20(24,25)26)28-17(12)29(14)16/h2-9H,1H3. The molecule has 31 heavy (non-hydrogen) atoms. The second kappa shape index (κ2) is 6.96. The van der Waals surface area contributed by atoms with Crippen molar-refractivity contribution in [2.45, 2.75) is 12.4 Å². The van der Waals surface area contributed by atoms with Gasteiger partial charge in [0.05, 0.1) is 30.1 Å². The summed E-state index contributed by atoms with van der Waals surface area (Å²) in [6.45, 7) is 0. The molecule has 11 heteroatoms. The number of methoxy groups -OCH3 is 1. The molecule has 3 heterocycles. The number of benzene rings is 1. The Balaban J connectivity index is 2.03. The number of ether oxygens (including phenoxy) is 1. The molecular formula is C20H11F6N3O2. The summed E-state index contributed by atoms with van der Waals surface area (Å²) in [5, 5.41) is -0.501. The minimum Gasteiger partial charge on any atom is -0.465 e. The van der Waals surface area contributed by atoms with Crippen LogP contribution in [0.2, 0.25) is 0 Å². The first-order valence-electron chi connectivity index (χ1n) is 8.65. The summed E-state index contributed by atoms with van der Waals surface area (Å²) in [6, 6.07) is 8.09. The summed E-state index contributed by atoms with van der Waals surface area (Å²) in [6.07, 6.45) is -8.81. The molecule has 5 nitrogen and oxygen atoms in total. The van der Waals surface area contributed by atoms with Crippen molar-refractivity contribution in [1.29, 1.82) is 0 Å². The number of imidazole rings is 1. The molecule has 0 radical (unpaired) electrons. The number of hydrogen-bond donors (Lipinski definition) is 0. The lowest BCUT2D eigenvalue weighted by molar-refractivity contribution is -0.144. The van der Waals surface area contributed by atoms with E-state index in [0.29, 0.717) is 5.56 Å². The maximum atomic E-state index is 13.5. The van der Waals surface area contributed by atoms with Gasteiger partial charge in [0.15, 0.2) is 0 Å². The van der Waals surface area contributed by atoms with Crippen LogP contribution in [0.3, 0.4) is 0 Å². The molecule has 4 aromatic rings. The van der Waals surface area contributed by atoms with Crippen LogP contribution >= 0.6 is 0 Å². The van der Waals surface area contributed by atoms with E-state index in [1.807, 2.05) is 0 Å². The lowest BCUT2D eigenvalue weighted by Gasteiger charge is -2.15. The number of carbonyl (C=O) groups excluding carboxylic acids is 1. The number of nitrogens with zero attached hydrogens (tertiary/aromatic N) is 3. The van der Waals surface area contributed by atoms with Crippen LogP contribution in [0.15, 0.2) is 48.7 Å². The van der Waals surface area contributed by atoms with E-state index in [4.69, 9.17) is 0 Å². The number of pyridine rings is 2. The Morgan fingerprint density at radius 1 is 0.968 bits per heavy atom. The summed E-state index contributed by atoms with van der Waals surface area (Å²) in [4.78, 5) is 19.2. The molecule has 0 amide bonds. The second-order valence-electron chi connectivity index (χ2n) is 6.53. The lowest BCUT2D eigenvalue weighted by atomic mass is 10.1. The molecule has 0 N–H and O–H groups in total. The van der Waals surface area contributed by atoms with Crippen molar-refractivity contribution < 1.29 is 35.9 Å². The zero-order valence-electron chi connectivity index (χ0n) is 15.5. The number of fused-ring (bicyclic) bond motifs is 3. The Labute approximate surface area is 169 Å². The minimum absolute atomic E-state index is 0.00405. The fourth-order valence-corrected chi connectivity index (χ4v) is 3.22. The van der Waals surface area contributed by atoms with E-state index in [1.165, 1.54) is 43.6 Å². The van der Waals surface area contributed by atoms with Gasteiger partial charge in [-0.2, -0.15) is 26.3 Å². The fourth-order valence-electron chi connectivity index (χ4n) is 3.22. The van der Waals surface area contributed by atoms with Crippen LogP contribution in [0.4, 0.5) is 26.3 Å². The topological polar surface area (TPSA) is 56.5 Å². The molecule has 0 atom stereocenters. The average molecular weight is 439 g/mol. The number of carbonyl (C=O) groups is 1. The van der Waals surface area contributed by atoms with Crippen LogP contribution in [0.1, 0.15) is 21.6 Å². The van der Waals surface area contributed by atoms with Gasteiger partial charge in [-0.25, -0.2) is 14.8 Å². The minimum atomic E-state index is -5.08. The summed E-state index contributed by atoms with van der Waals surface area (Å²) in [7, 11) is 1.20. The van der Waals surface area contributed by atoms with Gasteiger partial charge in [0.1, 0.15) is 17.0 Å². The first kappa shape index (κ1) is 20.6. The normalized spacial score (nSPS) is 12.5. The molecule has 0 aliphatic carbocycles. The predicted molar refractivity (Wildman–Crippen MR) is 97.3 cm³/mol. The summed E-state index contributed by atoms with van der Waals surface area (Å²) in [5.74, 6) is -0.596. The van der Waals surface area contributed by atoms with Crippen molar-refractivity contribution in [3.05, 3.63) is 65.5 Å². The number of aromatic nitrogens is 3. The van der Waals surface area contributed by atoms with E-state index < -0.39 is 40.6 Å². The van der Waals surface area contributed by atoms with Crippen molar-refractivity contribution in [3.8, 4) is 11.3 Å². The van der Waals surface area contributed by atoms with Crippen molar-refractivity contribution >= 4 is 22.6 Å². The molecule has 0 unspecified atom stereocenters. The highest BCUT2D eigenvalue weighted by Gasteiger charge is 2.39. The molecule has 160 valence electrons. The maximum absolute atomic E-state index is 13.5. The van der Waals surface area contributed by atoms with Gasteiger partial charge in [-0.15, -0.1) is 0 Å². The van der Waals surface area contributed by atoms with Crippen LogP contribution < -0.4 is 0 Å². The van der Waals surface area contributed by atoms with E-state index in [-0.39, 0.29) is 23.0 Å². The Morgan fingerprint density at radius 2 is 1.65 bits per heavy atom. The summed E-state index contributed by atoms with van der Waals surface area (Å²) < 4.78 is 86.2. The average Bonchev–Trinajstić information content (AvgIpc) is 3.15. The third-order valence-corrected chi connectivity index (χ3v) is 4.64. The molecule has 0 aliphatic rings. The first-order chi connectivity index (χ1) is 14.5. The van der Waals surface area contributed by atoms with Gasteiger partial charge in [0.25, 0.3) is 0 Å². The van der Waals surface area contributed by atoms with Crippen LogP contribution in [0.25, 0.3) is 27.9 Å². The zero-order valence-corrected chi connectivity index (χ0v) is 15.5. The third kappa shape index (κ3) is 3.56. The number of rotatable bonds is 2. The first-order valence-corrected chi connectivity index (χ1v) is 8.65. The smallest absolute Gasteiger partial charge is 0.433 e. The number of alkyl halides is 6.